The van der Waals surface area contributed by atoms with Crippen molar-refractivity contribution in [1.29, 1.82) is 0 Å². The molecule has 6 heterocycles. The number of aromatic amines is 2. The van der Waals surface area contributed by atoms with Gasteiger partial charge in [-0.15, -0.1) is 0 Å². The molecule has 2 aliphatic heterocycles. The Bertz CT molecular complexity index is 2070. The van der Waals surface area contributed by atoms with Gasteiger partial charge in [0.05, 0.1) is 43.2 Å². The Morgan fingerprint density at radius 1 is 0.827 bits per heavy atom. The number of hydrogen-bond acceptors (Lipinski definition) is 10. The largest absolute Gasteiger partial charge is 0.477 e. The van der Waals surface area contributed by atoms with Gasteiger partial charge >= 0.3 is 23.9 Å². The standard InChI is InChI=1S/C15H9NO5.C8H5BrO2.C7H5NO3.C6H15N.CH3F/c17-13-8-3-1-2-4-9(8)15(20-13)21-14(18)11-7-12-10(16-11)5-6-19-12;9-7-5-3-1-2-4-6(5)8(10)11-7;9-7(10)5-3-6-4(8-5)1-2-11-6;1-4-7(5-2)6-3;1-2/h1-7,15-16H;1-4,7H;1-3,8H,(H,9,10);4-6H2,1-3H3;1H3/i;;;;1D. The maximum Gasteiger partial charge on any atom is 0.358 e. The molecule has 52 heavy (non-hydrogen) atoms. The molecule has 4 aromatic heterocycles. The van der Waals surface area contributed by atoms with Crippen LogP contribution in [-0.4, -0.2) is 70.6 Å². The molecule has 0 saturated carbocycles. The molecule has 2 aromatic carbocycles. The molecule has 0 aliphatic carbocycles. The van der Waals surface area contributed by atoms with Gasteiger partial charge in [0.1, 0.15) is 11.4 Å². The summed E-state index contributed by atoms with van der Waals surface area (Å²) in [6.45, 7) is 10.1. The normalized spacial score (nSPS) is 15.2. The molecule has 2 unspecified atom stereocenters. The van der Waals surface area contributed by atoms with Gasteiger partial charge in [-0.05, 0) is 47.7 Å². The zero-order valence-corrected chi connectivity index (χ0v) is 30.0. The first-order valence-electron chi connectivity index (χ1n) is 16.6. The Labute approximate surface area is 307 Å². The number of fused-ring (bicyclic) bond motifs is 4. The fourth-order valence-corrected chi connectivity index (χ4v) is 5.62. The van der Waals surface area contributed by atoms with Crippen LogP contribution < -0.4 is 0 Å². The maximum atomic E-state index is 12.1. The summed E-state index contributed by atoms with van der Waals surface area (Å²) >= 11 is 3.23. The van der Waals surface area contributed by atoms with Crippen molar-refractivity contribution in [2.45, 2.75) is 32.1 Å². The second-order valence-corrected chi connectivity index (χ2v) is 11.6. The first kappa shape index (κ1) is 37.6. The predicted octanol–water partition coefficient (Wildman–Crippen LogP) is 8.43. The van der Waals surface area contributed by atoms with E-state index in [-0.39, 0.29) is 22.4 Å². The van der Waals surface area contributed by atoms with E-state index in [4.69, 9.17) is 29.5 Å². The fourth-order valence-electron chi connectivity index (χ4n) is 5.06. The Hall–Kier alpha value is -5.67. The Morgan fingerprint density at radius 2 is 1.31 bits per heavy atom. The molecule has 0 fully saturated rings. The number of benzene rings is 2. The number of aromatic nitrogens is 2. The Morgan fingerprint density at radius 3 is 1.81 bits per heavy atom. The van der Waals surface area contributed by atoms with Gasteiger partial charge in [-0.3, -0.25) is 4.39 Å². The van der Waals surface area contributed by atoms with Gasteiger partial charge in [0.15, 0.2) is 16.2 Å². The molecule has 15 heteroatoms. The quantitative estimate of drug-likeness (QED) is 0.109. The third-order valence-electron chi connectivity index (χ3n) is 7.77. The number of carboxylic acid groups (broad SMARTS) is 1. The number of alkyl halides is 2. The summed E-state index contributed by atoms with van der Waals surface area (Å²) in [7, 11) is -1.00. The first-order chi connectivity index (χ1) is 25.5. The van der Waals surface area contributed by atoms with Gasteiger partial charge in [-0.25, -0.2) is 19.2 Å². The van der Waals surface area contributed by atoms with Crippen molar-refractivity contribution in [3.05, 3.63) is 119 Å². The van der Waals surface area contributed by atoms with E-state index in [9.17, 15) is 23.6 Å². The highest BCUT2D eigenvalue weighted by Gasteiger charge is 2.34. The summed E-state index contributed by atoms with van der Waals surface area (Å²) in [6.07, 6.45) is 2.01. The van der Waals surface area contributed by atoms with Crippen LogP contribution in [0, 0.1) is 0 Å². The van der Waals surface area contributed by atoms with Crippen molar-refractivity contribution in [2.24, 2.45) is 0 Å². The number of nitrogens with one attached hydrogen (secondary N) is 2. The van der Waals surface area contributed by atoms with Crippen LogP contribution in [0.2, 0.25) is 0 Å². The van der Waals surface area contributed by atoms with E-state index in [1.165, 1.54) is 38.2 Å². The van der Waals surface area contributed by atoms with Crippen molar-refractivity contribution in [2.75, 3.05) is 26.8 Å². The zero-order valence-electron chi connectivity index (χ0n) is 29.4. The number of cyclic esters (lactones) is 2. The number of carbonyl (C=O) groups excluding carboxylic acids is 3. The molecule has 8 rings (SSSR count). The predicted molar refractivity (Wildman–Crippen MR) is 192 cm³/mol. The topological polar surface area (TPSA) is 177 Å². The van der Waals surface area contributed by atoms with E-state index < -0.39 is 31.4 Å². The van der Waals surface area contributed by atoms with Gasteiger partial charge in [-0.2, -0.15) is 0 Å². The van der Waals surface area contributed by atoms with Crippen LogP contribution in [0.3, 0.4) is 0 Å². The lowest BCUT2D eigenvalue weighted by atomic mass is 10.1. The molecule has 2 aliphatic rings. The van der Waals surface area contributed by atoms with E-state index >= 15 is 0 Å². The average Bonchev–Trinajstić information content (AvgIpc) is 4.00. The number of H-pyrrole nitrogens is 2. The molecule has 6 aromatic rings. The summed E-state index contributed by atoms with van der Waals surface area (Å²) in [5.41, 5.74) is 5.47. The van der Waals surface area contributed by atoms with Crippen molar-refractivity contribution in [3.63, 3.8) is 0 Å². The van der Waals surface area contributed by atoms with E-state index in [1.807, 2.05) is 18.2 Å². The molecule has 13 nitrogen and oxygen atoms in total. The van der Waals surface area contributed by atoms with Crippen molar-refractivity contribution >= 4 is 62.0 Å². The van der Waals surface area contributed by atoms with Crippen LogP contribution in [-0.2, 0) is 14.2 Å². The lowest BCUT2D eigenvalue weighted by molar-refractivity contribution is -0.0727. The van der Waals surface area contributed by atoms with Gasteiger partial charge in [0.2, 0.25) is 0 Å². The van der Waals surface area contributed by atoms with E-state index in [2.05, 4.69) is 51.6 Å². The maximum absolute atomic E-state index is 12.1. The minimum absolute atomic E-state index is 0.152. The summed E-state index contributed by atoms with van der Waals surface area (Å²) in [4.78, 5) is 53.1. The van der Waals surface area contributed by atoms with Crippen molar-refractivity contribution in [1.82, 2.24) is 14.9 Å². The van der Waals surface area contributed by atoms with Crippen LogP contribution in [0.4, 0.5) is 4.39 Å². The Kier molecular flexibility index (Phi) is 13.4. The molecule has 2 atom stereocenters. The smallest absolute Gasteiger partial charge is 0.358 e. The van der Waals surface area contributed by atoms with Gasteiger partial charge < -0.3 is 43.0 Å². The lowest BCUT2D eigenvalue weighted by Gasteiger charge is -2.13. The number of rotatable bonds is 6. The lowest BCUT2D eigenvalue weighted by Crippen LogP contribution is -2.21. The number of halogens is 2. The summed E-state index contributed by atoms with van der Waals surface area (Å²) in [5, 5.41) is 8.27. The van der Waals surface area contributed by atoms with E-state index in [0.717, 1.165) is 5.56 Å². The van der Waals surface area contributed by atoms with Gasteiger partial charge in [0, 0.05) is 35.4 Å². The van der Waals surface area contributed by atoms with E-state index in [0.29, 0.717) is 38.9 Å². The summed E-state index contributed by atoms with van der Waals surface area (Å²) in [6, 6.07) is 20.5. The second-order valence-electron chi connectivity index (χ2n) is 10.7. The van der Waals surface area contributed by atoms with Crippen LogP contribution in [0.5, 0.6) is 0 Å². The van der Waals surface area contributed by atoms with Crippen molar-refractivity contribution < 1.29 is 53.1 Å². The highest BCUT2D eigenvalue weighted by Crippen LogP contribution is 2.34. The average molecular weight is 784 g/mol. The number of aromatic carboxylic acids is 1. The number of ether oxygens (including phenoxy) is 3. The monoisotopic (exact) mass is 782 g/mol. The molecular weight excluding hydrogens is 745 g/mol. The van der Waals surface area contributed by atoms with E-state index in [1.54, 1.807) is 48.5 Å². The SMILES string of the molecule is CCN(CC)CC.O=C(O)c1cc2occc2[nH]1.O=C(OC1OC(=O)c2ccccc21)c1cc2occc2[nH]1.O=C1OC(Br)c2ccccc21.[2H]CF. The molecule has 0 bridgehead atoms. The number of nitrogens with zero attached hydrogens (tertiary/aromatic N) is 1. The number of carboxylic acids is 1. The minimum atomic E-state index is -1.02. The molecule has 0 saturated heterocycles. The molecule has 0 amide bonds. The highest BCUT2D eigenvalue weighted by molar-refractivity contribution is 9.09. The number of furan rings is 2. The molecular formula is C37H37BrFN3O10. The third-order valence-corrected chi connectivity index (χ3v) is 8.45. The number of carbonyl (C=O) groups is 4. The summed E-state index contributed by atoms with van der Waals surface area (Å²) < 4.78 is 40.8. The summed E-state index contributed by atoms with van der Waals surface area (Å²) in [5.74, 6) is -2.33. The number of esters is 3. The molecule has 274 valence electrons. The fraction of sp³-hybridized carbons (Fsp3) is 0.243. The minimum Gasteiger partial charge on any atom is -0.477 e. The molecule has 3 N–H and O–H groups in total. The Balaban J connectivity index is 0.000000167. The van der Waals surface area contributed by atoms with Gasteiger partial charge in [0.25, 0.3) is 6.29 Å². The second kappa shape index (κ2) is 18.5. The van der Waals surface area contributed by atoms with Crippen LogP contribution in [0.1, 0.15) is 86.3 Å². The van der Waals surface area contributed by atoms with Crippen LogP contribution >= 0.6 is 15.9 Å². The van der Waals surface area contributed by atoms with Gasteiger partial charge in [-0.1, -0.05) is 57.2 Å². The van der Waals surface area contributed by atoms with Crippen LogP contribution in [0.25, 0.3) is 22.2 Å². The first-order valence-corrected chi connectivity index (χ1v) is 16.8. The van der Waals surface area contributed by atoms with Crippen molar-refractivity contribution in [3.8, 4) is 0 Å². The number of hydrogen-bond donors (Lipinski definition) is 3. The zero-order chi connectivity index (χ0) is 38.5. The van der Waals surface area contributed by atoms with Crippen LogP contribution in [0.15, 0.2) is 94.2 Å². The third kappa shape index (κ3) is 9.35. The highest BCUT2D eigenvalue weighted by atomic mass is 79.9. The molecule has 0 spiro atoms. The molecule has 0 radical (unpaired) electrons.